The van der Waals surface area contributed by atoms with Gasteiger partial charge in [-0.3, -0.25) is 24.1 Å². The molecule has 0 radical (unpaired) electrons. The lowest BCUT2D eigenvalue weighted by molar-refractivity contribution is -0.207. The Morgan fingerprint density at radius 3 is 1.96 bits per heavy atom. The molecule has 1 fully saturated rings. The quantitative estimate of drug-likeness (QED) is 0.342. The van der Waals surface area contributed by atoms with Crippen molar-refractivity contribution in [3.05, 3.63) is 0 Å². The number of carbonyl (C=O) groups is 4. The first-order chi connectivity index (χ1) is 12.6. The molecule has 0 aromatic carbocycles. The van der Waals surface area contributed by atoms with Crippen molar-refractivity contribution in [2.24, 2.45) is 0 Å². The summed E-state index contributed by atoms with van der Waals surface area (Å²) in [6.45, 7) is 5.31. The van der Waals surface area contributed by atoms with E-state index >= 15 is 0 Å². The van der Waals surface area contributed by atoms with E-state index in [0.29, 0.717) is 13.0 Å². The summed E-state index contributed by atoms with van der Waals surface area (Å²) in [5.74, 6) is 0.168. The molecule has 1 aliphatic heterocycles. The Morgan fingerprint density at radius 2 is 1.48 bits per heavy atom. The minimum absolute atomic E-state index is 0.109. The number of nitrogens with zero attached hydrogens (tertiary/aromatic N) is 1. The summed E-state index contributed by atoms with van der Waals surface area (Å²) >= 11 is 0. The fourth-order valence-electron chi connectivity index (χ4n) is 2.97. The number of piperidine rings is 1. The van der Waals surface area contributed by atoms with E-state index in [2.05, 4.69) is 5.92 Å². The zero-order chi connectivity index (χ0) is 20.6. The standard InChI is InChI=1S/C18H25NO8/c1-6-7-8-19-9-16(25-12(3)21)18(27-14(5)23)17(26-13(4)22)15(19)10-24-11(2)20/h1,15-18H,7-10H2,2-5H3/t15-,16+,17-,18-/m1/s1. The first kappa shape index (κ1) is 22.4. The van der Waals surface area contributed by atoms with Crippen molar-refractivity contribution in [1.82, 2.24) is 4.90 Å². The number of hydrogen-bond acceptors (Lipinski definition) is 9. The van der Waals surface area contributed by atoms with Gasteiger partial charge in [-0.05, 0) is 0 Å². The minimum atomic E-state index is -1.04. The lowest BCUT2D eigenvalue weighted by atomic mass is 9.93. The van der Waals surface area contributed by atoms with Gasteiger partial charge in [0, 0.05) is 47.2 Å². The molecule has 0 amide bonds. The van der Waals surface area contributed by atoms with E-state index < -0.39 is 48.2 Å². The summed E-state index contributed by atoms with van der Waals surface area (Å²) in [6, 6.07) is -0.623. The van der Waals surface area contributed by atoms with E-state index in [4.69, 9.17) is 25.4 Å². The molecule has 9 heteroatoms. The second kappa shape index (κ2) is 10.5. The molecule has 0 aliphatic carbocycles. The fourth-order valence-corrected chi connectivity index (χ4v) is 2.97. The lowest BCUT2D eigenvalue weighted by Gasteiger charge is -2.46. The van der Waals surface area contributed by atoms with Gasteiger partial charge in [-0.1, -0.05) is 0 Å². The second-order valence-electron chi connectivity index (χ2n) is 6.11. The van der Waals surface area contributed by atoms with E-state index in [9.17, 15) is 19.2 Å². The molecule has 1 saturated heterocycles. The van der Waals surface area contributed by atoms with Crippen LogP contribution in [0.25, 0.3) is 0 Å². The van der Waals surface area contributed by atoms with Crippen LogP contribution in [0.3, 0.4) is 0 Å². The van der Waals surface area contributed by atoms with E-state index in [1.165, 1.54) is 27.7 Å². The molecule has 0 spiro atoms. The predicted molar refractivity (Wildman–Crippen MR) is 92.1 cm³/mol. The molecule has 0 saturated carbocycles. The van der Waals surface area contributed by atoms with Crippen molar-refractivity contribution >= 4 is 23.9 Å². The summed E-state index contributed by atoms with van der Waals surface area (Å²) in [4.78, 5) is 47.8. The molecular formula is C18H25NO8. The summed E-state index contributed by atoms with van der Waals surface area (Å²) in [7, 11) is 0. The molecule has 1 heterocycles. The van der Waals surface area contributed by atoms with Gasteiger partial charge in [0.25, 0.3) is 0 Å². The third kappa shape index (κ3) is 7.27. The van der Waals surface area contributed by atoms with Crippen molar-refractivity contribution in [1.29, 1.82) is 0 Å². The van der Waals surface area contributed by atoms with Crippen LogP contribution in [-0.2, 0) is 38.1 Å². The van der Waals surface area contributed by atoms with Crippen molar-refractivity contribution in [3.63, 3.8) is 0 Å². The molecule has 0 N–H and O–H groups in total. The monoisotopic (exact) mass is 383 g/mol. The summed E-state index contributed by atoms with van der Waals surface area (Å²) in [5.41, 5.74) is 0. The zero-order valence-electron chi connectivity index (χ0n) is 15.9. The summed E-state index contributed by atoms with van der Waals surface area (Å²) < 4.78 is 21.1. The van der Waals surface area contributed by atoms with Gasteiger partial charge in [-0.25, -0.2) is 0 Å². The Labute approximate surface area is 158 Å². The van der Waals surface area contributed by atoms with E-state index in [-0.39, 0.29) is 13.2 Å². The highest BCUT2D eigenvalue weighted by Crippen LogP contribution is 2.27. The van der Waals surface area contributed by atoms with Gasteiger partial charge in [0.1, 0.15) is 6.61 Å². The Hall–Kier alpha value is -2.60. The second-order valence-corrected chi connectivity index (χ2v) is 6.11. The summed E-state index contributed by atoms with van der Waals surface area (Å²) in [6.07, 6.45) is 2.78. The maximum Gasteiger partial charge on any atom is 0.303 e. The van der Waals surface area contributed by atoms with Crippen molar-refractivity contribution in [2.75, 3.05) is 19.7 Å². The molecule has 150 valence electrons. The zero-order valence-corrected chi connectivity index (χ0v) is 15.9. The van der Waals surface area contributed by atoms with E-state index in [1.807, 2.05) is 0 Å². The van der Waals surface area contributed by atoms with Crippen LogP contribution < -0.4 is 0 Å². The first-order valence-corrected chi connectivity index (χ1v) is 8.48. The molecule has 0 unspecified atom stereocenters. The lowest BCUT2D eigenvalue weighted by Crippen LogP contribution is -2.65. The van der Waals surface area contributed by atoms with Crippen LogP contribution >= 0.6 is 0 Å². The molecule has 0 bridgehead atoms. The molecule has 9 nitrogen and oxygen atoms in total. The maximum atomic E-state index is 11.6. The first-order valence-electron chi connectivity index (χ1n) is 8.48. The average Bonchev–Trinajstić information content (AvgIpc) is 2.53. The minimum Gasteiger partial charge on any atom is -0.464 e. The highest BCUT2D eigenvalue weighted by atomic mass is 16.6. The van der Waals surface area contributed by atoms with E-state index in [0.717, 1.165) is 0 Å². The van der Waals surface area contributed by atoms with Crippen molar-refractivity contribution < 1.29 is 38.1 Å². The van der Waals surface area contributed by atoms with Gasteiger partial charge >= 0.3 is 23.9 Å². The van der Waals surface area contributed by atoms with Gasteiger partial charge in [0.2, 0.25) is 0 Å². The number of terminal acetylenes is 1. The fraction of sp³-hybridized carbons (Fsp3) is 0.667. The predicted octanol–water partition coefficient (Wildman–Crippen LogP) is 0.0521. The number of carbonyl (C=O) groups excluding carboxylic acids is 4. The van der Waals surface area contributed by atoms with E-state index in [1.54, 1.807) is 4.90 Å². The number of ether oxygens (including phenoxy) is 4. The molecule has 0 aromatic heterocycles. The SMILES string of the molecule is C#CCCN1C[C@H](OC(C)=O)[C@@H](OC(C)=O)[C@H](OC(C)=O)[C@H]1COC(C)=O. The number of esters is 4. The Kier molecular flexibility index (Phi) is 8.75. The van der Waals surface area contributed by atoms with Crippen LogP contribution in [0.4, 0.5) is 0 Å². The Balaban J connectivity index is 3.26. The Bertz CT molecular complexity index is 611. The maximum absolute atomic E-state index is 11.6. The van der Waals surface area contributed by atoms with Crippen LogP contribution in [0.15, 0.2) is 0 Å². The van der Waals surface area contributed by atoms with Gasteiger partial charge in [0.15, 0.2) is 18.3 Å². The van der Waals surface area contributed by atoms with Crippen LogP contribution in [0.1, 0.15) is 34.1 Å². The van der Waals surface area contributed by atoms with Gasteiger partial charge < -0.3 is 18.9 Å². The molecule has 27 heavy (non-hydrogen) atoms. The molecule has 1 aliphatic rings. The smallest absolute Gasteiger partial charge is 0.303 e. The number of hydrogen-bond donors (Lipinski definition) is 0. The van der Waals surface area contributed by atoms with Gasteiger partial charge in [-0.15, -0.1) is 12.3 Å². The van der Waals surface area contributed by atoms with Crippen LogP contribution in [0.2, 0.25) is 0 Å². The van der Waals surface area contributed by atoms with Crippen molar-refractivity contribution in [2.45, 2.75) is 58.5 Å². The van der Waals surface area contributed by atoms with Crippen LogP contribution in [0.5, 0.6) is 0 Å². The normalized spacial score (nSPS) is 25.0. The third-order valence-corrected chi connectivity index (χ3v) is 3.88. The molecule has 4 atom stereocenters. The molecular weight excluding hydrogens is 358 g/mol. The van der Waals surface area contributed by atoms with Gasteiger partial charge in [-0.2, -0.15) is 0 Å². The van der Waals surface area contributed by atoms with Gasteiger partial charge in [0.05, 0.1) is 6.04 Å². The largest absolute Gasteiger partial charge is 0.464 e. The number of rotatable bonds is 7. The highest BCUT2D eigenvalue weighted by molar-refractivity contribution is 5.68. The molecule has 1 rings (SSSR count). The Morgan fingerprint density at radius 1 is 0.926 bits per heavy atom. The average molecular weight is 383 g/mol. The highest BCUT2D eigenvalue weighted by Gasteiger charge is 2.49. The molecule has 0 aromatic rings. The number of likely N-dealkylation sites (tertiary alicyclic amines) is 1. The van der Waals surface area contributed by atoms with Crippen LogP contribution in [-0.4, -0.2) is 72.8 Å². The summed E-state index contributed by atoms with van der Waals surface area (Å²) in [5, 5.41) is 0. The van der Waals surface area contributed by atoms with Crippen LogP contribution in [0, 0.1) is 12.3 Å². The topological polar surface area (TPSA) is 108 Å². The van der Waals surface area contributed by atoms with Crippen molar-refractivity contribution in [3.8, 4) is 12.3 Å². The third-order valence-electron chi connectivity index (χ3n) is 3.88.